The molecule has 0 aliphatic carbocycles. The van der Waals surface area contributed by atoms with Crippen LogP contribution in [0.25, 0.3) is 11.4 Å². The summed E-state index contributed by atoms with van der Waals surface area (Å²) in [6.07, 6.45) is 0.256. The highest BCUT2D eigenvalue weighted by molar-refractivity contribution is 5.98. The van der Waals surface area contributed by atoms with Crippen LogP contribution in [-0.2, 0) is 21.5 Å². The first-order valence-corrected chi connectivity index (χ1v) is 13.5. The second kappa shape index (κ2) is 12.9. The molecule has 0 bridgehead atoms. The normalized spacial score (nSPS) is 12.1. The lowest BCUT2D eigenvalue weighted by atomic mass is 9.84. The van der Waals surface area contributed by atoms with Crippen LogP contribution < -0.4 is 16.2 Å². The third-order valence-corrected chi connectivity index (χ3v) is 6.82. The van der Waals surface area contributed by atoms with Gasteiger partial charge in [-0.05, 0) is 37.5 Å². The maximum Gasteiger partial charge on any atom is 0.411 e. The van der Waals surface area contributed by atoms with Crippen molar-refractivity contribution in [1.82, 2.24) is 25.1 Å². The van der Waals surface area contributed by atoms with Crippen LogP contribution in [-0.4, -0.2) is 50.7 Å². The summed E-state index contributed by atoms with van der Waals surface area (Å²) < 4.78 is 39.0. The predicted octanol–water partition coefficient (Wildman–Crippen LogP) is 4.10. The van der Waals surface area contributed by atoms with Gasteiger partial charge in [0.25, 0.3) is 11.4 Å². The van der Waals surface area contributed by atoms with Gasteiger partial charge < -0.3 is 14.5 Å². The van der Waals surface area contributed by atoms with Crippen LogP contribution in [0, 0.1) is 17.6 Å². The zero-order valence-electron chi connectivity index (χ0n) is 24.6. The fourth-order valence-electron chi connectivity index (χ4n) is 4.35. The number of nitrogens with one attached hydrogen (secondary N) is 2. The van der Waals surface area contributed by atoms with Crippen molar-refractivity contribution in [3.63, 3.8) is 0 Å². The van der Waals surface area contributed by atoms with Crippen molar-refractivity contribution in [2.24, 2.45) is 5.92 Å². The van der Waals surface area contributed by atoms with E-state index in [1.54, 1.807) is 58.0 Å². The largest absolute Gasteiger partial charge is 0.453 e. The summed E-state index contributed by atoms with van der Waals surface area (Å²) in [5, 5.41) is 12.7. The van der Waals surface area contributed by atoms with E-state index in [2.05, 4.69) is 30.6 Å². The van der Waals surface area contributed by atoms with Gasteiger partial charge in [-0.2, -0.15) is 0 Å². The second-order valence-corrected chi connectivity index (χ2v) is 10.7. The molecular formula is C30H30F2N6O6. The van der Waals surface area contributed by atoms with Crippen molar-refractivity contribution in [3.05, 3.63) is 94.1 Å². The monoisotopic (exact) mass is 608 g/mol. The summed E-state index contributed by atoms with van der Waals surface area (Å²) in [6.45, 7) is 6.01. The lowest BCUT2D eigenvalue weighted by Gasteiger charge is -2.22. The van der Waals surface area contributed by atoms with Gasteiger partial charge in [0.15, 0.2) is 0 Å². The van der Waals surface area contributed by atoms with Crippen LogP contribution >= 0.6 is 0 Å². The number of aromatic nitrogens is 4. The van der Waals surface area contributed by atoms with Crippen LogP contribution in [0.15, 0.2) is 63.9 Å². The standard InChI is InChI=1S/C30H30F2N6O6/c1-16(2)23(24(40)26-36-37-28(44-26)30(3,4)18-11-19(31)13-20(32)12-18)35-22(39)15-38-25(17-9-7-6-8-10-17)33-14-21(27(38)41)34-29(42)43-5/h6-14,16,23H,15H2,1-5H3,(H,34,42)(H,35,39). The van der Waals surface area contributed by atoms with Gasteiger partial charge in [-0.1, -0.05) is 44.2 Å². The first kappa shape index (κ1) is 31.7. The van der Waals surface area contributed by atoms with Crippen molar-refractivity contribution >= 4 is 23.5 Å². The van der Waals surface area contributed by atoms with Crippen molar-refractivity contribution < 1.29 is 32.3 Å². The first-order chi connectivity index (χ1) is 20.8. The Balaban J connectivity index is 1.60. The molecule has 14 heteroatoms. The lowest BCUT2D eigenvalue weighted by Crippen LogP contribution is -2.46. The van der Waals surface area contributed by atoms with Gasteiger partial charge in [-0.25, -0.2) is 18.6 Å². The molecule has 44 heavy (non-hydrogen) atoms. The molecule has 12 nitrogen and oxygen atoms in total. The Morgan fingerprint density at radius 1 is 1.05 bits per heavy atom. The van der Waals surface area contributed by atoms with E-state index in [1.807, 2.05) is 0 Å². The molecule has 2 heterocycles. The number of amides is 2. The Labute approximate surface area is 250 Å². The van der Waals surface area contributed by atoms with Crippen LogP contribution in [0.4, 0.5) is 19.3 Å². The van der Waals surface area contributed by atoms with E-state index in [-0.39, 0.29) is 23.0 Å². The number of carbonyl (C=O) groups is 3. The van der Waals surface area contributed by atoms with Crippen molar-refractivity contribution in [2.45, 2.75) is 45.7 Å². The summed E-state index contributed by atoms with van der Waals surface area (Å²) in [6, 6.07) is 10.4. The summed E-state index contributed by atoms with van der Waals surface area (Å²) in [5.41, 5.74) is -1.37. The number of ketones is 1. The minimum absolute atomic E-state index is 0.0697. The average molecular weight is 609 g/mol. The zero-order valence-corrected chi connectivity index (χ0v) is 24.6. The molecule has 1 atom stereocenters. The van der Waals surface area contributed by atoms with Crippen molar-refractivity contribution in [3.8, 4) is 11.4 Å². The van der Waals surface area contributed by atoms with E-state index in [9.17, 15) is 28.0 Å². The molecule has 0 fully saturated rings. The number of hydrogen-bond donors (Lipinski definition) is 2. The van der Waals surface area contributed by atoms with E-state index < -0.39 is 64.8 Å². The molecule has 2 aromatic carbocycles. The number of rotatable bonds is 10. The third kappa shape index (κ3) is 6.85. The van der Waals surface area contributed by atoms with E-state index in [4.69, 9.17) is 4.42 Å². The van der Waals surface area contributed by atoms with E-state index in [1.165, 1.54) is 0 Å². The SMILES string of the molecule is COC(=O)Nc1cnc(-c2ccccc2)n(CC(=O)NC(C(=O)c2nnc(C(C)(C)c3cc(F)cc(F)c3)o2)C(C)C)c1=O. The summed E-state index contributed by atoms with van der Waals surface area (Å²) in [4.78, 5) is 56.1. The van der Waals surface area contributed by atoms with Gasteiger partial charge in [0, 0.05) is 11.6 Å². The quantitative estimate of drug-likeness (QED) is 0.253. The van der Waals surface area contributed by atoms with Crippen LogP contribution in [0.5, 0.6) is 0 Å². The third-order valence-electron chi connectivity index (χ3n) is 6.82. The Kier molecular flexibility index (Phi) is 9.31. The summed E-state index contributed by atoms with van der Waals surface area (Å²) in [7, 11) is 1.13. The Morgan fingerprint density at radius 2 is 1.70 bits per heavy atom. The fourth-order valence-corrected chi connectivity index (χ4v) is 4.35. The highest BCUT2D eigenvalue weighted by atomic mass is 19.1. The molecule has 2 aromatic heterocycles. The molecule has 2 amide bonds. The molecule has 4 rings (SSSR count). The van der Waals surface area contributed by atoms with Crippen LogP contribution in [0.2, 0.25) is 0 Å². The lowest BCUT2D eigenvalue weighted by molar-refractivity contribution is -0.122. The van der Waals surface area contributed by atoms with Gasteiger partial charge in [0.2, 0.25) is 17.6 Å². The number of methoxy groups -OCH3 is 1. The smallest absolute Gasteiger partial charge is 0.411 e. The van der Waals surface area contributed by atoms with Gasteiger partial charge in [0.1, 0.15) is 29.7 Å². The number of halogens is 2. The average Bonchev–Trinajstić information content (AvgIpc) is 3.49. The van der Waals surface area contributed by atoms with Gasteiger partial charge in [-0.15, -0.1) is 10.2 Å². The molecule has 0 aliphatic heterocycles. The molecule has 1 unspecified atom stereocenters. The van der Waals surface area contributed by atoms with E-state index in [0.29, 0.717) is 5.56 Å². The van der Waals surface area contributed by atoms with Gasteiger partial charge >= 0.3 is 6.09 Å². The molecule has 0 saturated heterocycles. The minimum atomic E-state index is -1.16. The Hall–Kier alpha value is -5.27. The van der Waals surface area contributed by atoms with Crippen molar-refractivity contribution in [2.75, 3.05) is 12.4 Å². The zero-order chi connectivity index (χ0) is 32.2. The number of nitrogens with zero attached hydrogens (tertiary/aromatic N) is 4. The molecule has 2 N–H and O–H groups in total. The topological polar surface area (TPSA) is 158 Å². The first-order valence-electron chi connectivity index (χ1n) is 13.5. The Bertz CT molecular complexity index is 1730. The van der Waals surface area contributed by atoms with E-state index in [0.717, 1.165) is 36.1 Å². The van der Waals surface area contributed by atoms with Gasteiger partial charge in [-0.3, -0.25) is 24.3 Å². The Morgan fingerprint density at radius 3 is 2.32 bits per heavy atom. The maximum atomic E-state index is 13.9. The minimum Gasteiger partial charge on any atom is -0.453 e. The number of benzene rings is 2. The number of carbonyl (C=O) groups excluding carboxylic acids is 3. The van der Waals surface area contributed by atoms with Crippen LogP contribution in [0.3, 0.4) is 0 Å². The molecule has 4 aromatic rings. The van der Waals surface area contributed by atoms with Crippen molar-refractivity contribution in [1.29, 1.82) is 0 Å². The van der Waals surface area contributed by atoms with Gasteiger partial charge in [0.05, 0.1) is 24.8 Å². The molecule has 0 spiro atoms. The number of anilines is 1. The number of Topliss-reactive ketones (excluding diaryl/α,β-unsaturated/α-hetero) is 1. The summed E-state index contributed by atoms with van der Waals surface area (Å²) >= 11 is 0. The number of hydrogen-bond acceptors (Lipinski definition) is 9. The molecule has 0 radical (unpaired) electrons. The molecular weight excluding hydrogens is 578 g/mol. The highest BCUT2D eigenvalue weighted by Crippen LogP contribution is 2.31. The van der Waals surface area contributed by atoms with Crippen LogP contribution in [0.1, 0.15) is 49.8 Å². The fraction of sp³-hybridized carbons (Fsp3) is 0.300. The summed E-state index contributed by atoms with van der Waals surface area (Å²) in [5.74, 6) is -3.80. The molecule has 230 valence electrons. The maximum absolute atomic E-state index is 13.9. The second-order valence-electron chi connectivity index (χ2n) is 10.7. The molecule has 0 aliphatic rings. The number of ether oxygens (including phenoxy) is 1. The predicted molar refractivity (Wildman–Crippen MR) is 154 cm³/mol. The highest BCUT2D eigenvalue weighted by Gasteiger charge is 2.35. The molecule has 0 saturated carbocycles. The van der Waals surface area contributed by atoms with E-state index >= 15 is 0 Å².